The highest BCUT2D eigenvalue weighted by atomic mass is 16.6. The number of hydrogen-bond donors (Lipinski definition) is 2. The number of cyclic esters (lactones) is 1. The number of likely N-dealkylation sites (tertiary alicyclic amines) is 1. The molecule has 4 aliphatic rings. The van der Waals surface area contributed by atoms with Crippen molar-refractivity contribution in [2.45, 2.75) is 76.9 Å². The first kappa shape index (κ1) is 33.6. The fourth-order valence-electron chi connectivity index (χ4n) is 7.71. The number of anilines is 1. The molecule has 0 saturated carbocycles. The molecular weight excluding hydrogens is 610 g/mol. The molecule has 10 nitrogen and oxygen atoms in total. The fourth-order valence-corrected chi connectivity index (χ4v) is 7.71. The van der Waals surface area contributed by atoms with E-state index in [0.29, 0.717) is 24.1 Å². The predicted molar refractivity (Wildman–Crippen MR) is 180 cm³/mol. The van der Waals surface area contributed by atoms with E-state index in [9.17, 15) is 19.5 Å². The van der Waals surface area contributed by atoms with Crippen molar-refractivity contribution in [3.8, 4) is 0 Å². The summed E-state index contributed by atoms with van der Waals surface area (Å²) in [6.45, 7) is 7.70. The van der Waals surface area contributed by atoms with Gasteiger partial charge in [-0.3, -0.25) is 19.2 Å². The second-order valence-electron chi connectivity index (χ2n) is 13.5. The Morgan fingerprint density at radius 3 is 2.54 bits per heavy atom. The Bertz CT molecular complexity index is 1620. The summed E-state index contributed by atoms with van der Waals surface area (Å²) in [6, 6.07) is 13.2. The Labute approximate surface area is 281 Å². The average Bonchev–Trinajstić information content (AvgIpc) is 3.73. The van der Waals surface area contributed by atoms with Crippen LogP contribution in [-0.2, 0) is 28.7 Å². The molecule has 3 amide bonds. The van der Waals surface area contributed by atoms with Crippen molar-refractivity contribution in [3.63, 3.8) is 0 Å². The normalized spacial score (nSPS) is 31.0. The number of aryl methyl sites for hydroxylation is 2. The highest BCUT2D eigenvalue weighted by Gasteiger charge is 2.74. The first-order chi connectivity index (χ1) is 23.1. The molecule has 48 heavy (non-hydrogen) atoms. The summed E-state index contributed by atoms with van der Waals surface area (Å²) < 4.78 is 12.7. The van der Waals surface area contributed by atoms with Crippen LogP contribution < -0.4 is 10.2 Å². The Balaban J connectivity index is 1.49. The molecule has 2 N–H and O–H groups in total. The number of amides is 3. The van der Waals surface area contributed by atoms with E-state index in [1.165, 1.54) is 4.90 Å². The van der Waals surface area contributed by atoms with Gasteiger partial charge in [-0.1, -0.05) is 87.0 Å². The van der Waals surface area contributed by atoms with Crippen molar-refractivity contribution in [2.75, 3.05) is 24.6 Å². The number of aliphatic hydroxyl groups is 1. The van der Waals surface area contributed by atoms with Gasteiger partial charge < -0.3 is 29.7 Å². The largest absolute Gasteiger partial charge is 0.455 e. The molecule has 4 heterocycles. The molecule has 254 valence electrons. The molecule has 2 fully saturated rings. The van der Waals surface area contributed by atoms with Gasteiger partial charge in [-0.05, 0) is 48.9 Å². The number of benzene rings is 2. The van der Waals surface area contributed by atoms with Gasteiger partial charge in [0.1, 0.15) is 23.7 Å². The molecule has 2 saturated heterocycles. The number of rotatable bonds is 6. The summed E-state index contributed by atoms with van der Waals surface area (Å²) in [5.74, 6) is -3.82. The smallest absolute Gasteiger partial charge is 0.313 e. The third-order valence-electron chi connectivity index (χ3n) is 10.5. The lowest BCUT2D eigenvalue weighted by Crippen LogP contribution is -2.59. The number of esters is 1. The number of nitrogens with one attached hydrogen (secondary N) is 1. The summed E-state index contributed by atoms with van der Waals surface area (Å²) in [7, 11) is 0. The van der Waals surface area contributed by atoms with Gasteiger partial charge in [0, 0.05) is 18.7 Å². The highest BCUT2D eigenvalue weighted by Crippen LogP contribution is 2.56. The first-order valence-corrected chi connectivity index (χ1v) is 17.0. The van der Waals surface area contributed by atoms with Crippen molar-refractivity contribution in [2.24, 2.45) is 17.8 Å². The number of hydrogen-bond acceptors (Lipinski definition) is 7. The standard InChI is InChI=1S/C38H45N3O7/c1-5-24(3)28(22-42)41-34-36(45)40(27-20-23(2)15-16-25(27)4)19-11-7-10-14-31(43)39-21-30(26-12-8-6-9-13-26)47-37(46)32-29-17-18-38(34,48-29)33(32)35(41)44/h6-9,11-13,15-18,20,24,28-30,32-34,42H,5,10,14,19,21-22H2,1-4H3,(H,39,43)/b11-7-/t24-,28-,29-,30-,32+,33+,34-,38+/m0/s1. The number of allylic oxidation sites excluding steroid dienone is 1. The van der Waals surface area contributed by atoms with E-state index in [4.69, 9.17) is 9.47 Å². The van der Waals surface area contributed by atoms with Crippen LogP contribution in [0.2, 0.25) is 0 Å². The molecule has 0 unspecified atom stereocenters. The van der Waals surface area contributed by atoms with Gasteiger partial charge in [0.25, 0.3) is 5.91 Å². The van der Waals surface area contributed by atoms with Crippen LogP contribution in [0.3, 0.4) is 0 Å². The van der Waals surface area contributed by atoms with E-state index in [0.717, 1.165) is 11.1 Å². The van der Waals surface area contributed by atoms with Gasteiger partial charge in [-0.2, -0.15) is 0 Å². The van der Waals surface area contributed by atoms with Crippen molar-refractivity contribution in [1.29, 1.82) is 0 Å². The zero-order valence-corrected chi connectivity index (χ0v) is 28.0. The Morgan fingerprint density at radius 2 is 1.81 bits per heavy atom. The monoisotopic (exact) mass is 655 g/mol. The van der Waals surface area contributed by atoms with Crippen LogP contribution in [0.25, 0.3) is 0 Å². The summed E-state index contributed by atoms with van der Waals surface area (Å²) in [6.07, 6.45) is 7.00. The molecule has 5 bridgehead atoms. The van der Waals surface area contributed by atoms with Gasteiger partial charge >= 0.3 is 5.97 Å². The maximum absolute atomic E-state index is 15.2. The molecule has 0 aromatic heterocycles. The molecule has 0 radical (unpaired) electrons. The van der Waals surface area contributed by atoms with Crippen LogP contribution in [0.15, 0.2) is 72.8 Å². The van der Waals surface area contributed by atoms with Gasteiger partial charge in [-0.25, -0.2) is 0 Å². The van der Waals surface area contributed by atoms with E-state index < -0.39 is 53.6 Å². The lowest BCUT2D eigenvalue weighted by Gasteiger charge is -2.40. The molecular formula is C38H45N3O7. The maximum atomic E-state index is 15.2. The number of nitrogens with zero attached hydrogens (tertiary/aromatic N) is 2. The topological polar surface area (TPSA) is 125 Å². The molecule has 10 heteroatoms. The molecule has 2 aromatic rings. The van der Waals surface area contributed by atoms with Crippen molar-refractivity contribution in [3.05, 3.63) is 89.5 Å². The molecule has 8 atom stereocenters. The van der Waals surface area contributed by atoms with Gasteiger partial charge in [0.05, 0.1) is 31.2 Å². The Kier molecular flexibility index (Phi) is 9.58. The third kappa shape index (κ3) is 5.85. The minimum atomic E-state index is -1.44. The summed E-state index contributed by atoms with van der Waals surface area (Å²) in [5, 5.41) is 13.6. The minimum Gasteiger partial charge on any atom is -0.455 e. The third-order valence-corrected chi connectivity index (χ3v) is 10.5. The predicted octanol–water partition coefficient (Wildman–Crippen LogP) is 3.94. The van der Waals surface area contributed by atoms with Gasteiger partial charge in [-0.15, -0.1) is 0 Å². The minimum absolute atomic E-state index is 0.0599. The Hall–Kier alpha value is -4.28. The average molecular weight is 656 g/mol. The first-order valence-electron chi connectivity index (χ1n) is 17.0. The zero-order chi connectivity index (χ0) is 34.2. The van der Waals surface area contributed by atoms with E-state index >= 15 is 4.79 Å². The molecule has 2 aromatic carbocycles. The number of ether oxygens (including phenoxy) is 2. The van der Waals surface area contributed by atoms with Crippen LogP contribution in [0.5, 0.6) is 0 Å². The van der Waals surface area contributed by atoms with Gasteiger partial charge in [0.2, 0.25) is 11.8 Å². The molecule has 4 aliphatic heterocycles. The number of fused-ring (bicyclic) bond motifs is 2. The van der Waals surface area contributed by atoms with E-state index in [-0.39, 0.29) is 43.8 Å². The van der Waals surface area contributed by atoms with Crippen LogP contribution in [0, 0.1) is 31.6 Å². The highest BCUT2D eigenvalue weighted by molar-refractivity contribution is 6.06. The van der Waals surface area contributed by atoms with Crippen LogP contribution in [0.4, 0.5) is 5.69 Å². The quantitative estimate of drug-likeness (QED) is 0.357. The molecule has 6 rings (SSSR count). The van der Waals surface area contributed by atoms with Crippen molar-refractivity contribution >= 4 is 29.4 Å². The van der Waals surface area contributed by atoms with Crippen molar-refractivity contribution in [1.82, 2.24) is 10.2 Å². The summed E-state index contributed by atoms with van der Waals surface area (Å²) >= 11 is 0. The van der Waals surface area contributed by atoms with Crippen molar-refractivity contribution < 1.29 is 33.8 Å². The van der Waals surface area contributed by atoms with Crippen LogP contribution in [-0.4, -0.2) is 77.2 Å². The van der Waals surface area contributed by atoms with Crippen LogP contribution in [0.1, 0.15) is 55.9 Å². The second kappa shape index (κ2) is 13.7. The zero-order valence-electron chi connectivity index (χ0n) is 28.0. The van der Waals surface area contributed by atoms with Gasteiger partial charge in [0.15, 0.2) is 0 Å². The lowest BCUT2D eigenvalue weighted by atomic mass is 9.74. The Morgan fingerprint density at radius 1 is 1.04 bits per heavy atom. The summed E-state index contributed by atoms with van der Waals surface area (Å²) in [5.41, 5.74) is 1.79. The van der Waals surface area contributed by atoms with E-state index in [2.05, 4.69) is 5.32 Å². The van der Waals surface area contributed by atoms with E-state index in [1.54, 1.807) is 17.1 Å². The fraction of sp³-hybridized carbons (Fsp3) is 0.474. The lowest BCUT2D eigenvalue weighted by molar-refractivity contribution is -0.160. The van der Waals surface area contributed by atoms with Crippen LogP contribution >= 0.6 is 0 Å². The SMILES string of the molecule is CC[C@H](C)[C@H](CO)N1C(=O)[C@H]2[C@@H]3C(=O)O[C@H](c4ccccc4)CNC(=O)CC/C=C\CN(c4cc(C)ccc4C)C(=O)[C@H]1[C@@]21C=C[C@@H]3O1. The van der Waals surface area contributed by atoms with E-state index in [1.807, 2.05) is 88.4 Å². The maximum Gasteiger partial charge on any atom is 0.313 e. The molecule has 1 spiro atoms. The number of carbonyl (C=O) groups excluding carboxylic acids is 4. The number of carbonyl (C=O) groups is 4. The second-order valence-corrected chi connectivity index (χ2v) is 13.5. The number of aliphatic hydroxyl groups excluding tert-OH is 1. The molecule has 0 aliphatic carbocycles. The summed E-state index contributed by atoms with van der Waals surface area (Å²) in [4.78, 5) is 60.1.